The molecule has 12 nitrogen and oxygen atoms in total. The second-order valence-corrected chi connectivity index (χ2v) is 15.7. The highest BCUT2D eigenvalue weighted by molar-refractivity contribution is 5.92. The zero-order valence-electron chi connectivity index (χ0n) is 33.3. The Bertz CT molecular complexity index is 1350. The van der Waals surface area contributed by atoms with E-state index in [2.05, 4.69) is 5.32 Å². The number of methoxy groups -OCH3 is 2. The fraction of sp³-hybridized carbons (Fsp3) is 0.725. The fourth-order valence-corrected chi connectivity index (χ4v) is 7.38. The van der Waals surface area contributed by atoms with Crippen molar-refractivity contribution in [2.24, 2.45) is 23.7 Å². The molecule has 0 bridgehead atoms. The third-order valence-electron chi connectivity index (χ3n) is 11.3. The normalized spacial score (nSPS) is 19.2. The molecule has 1 aliphatic heterocycles. The highest BCUT2D eigenvalue weighted by Gasteiger charge is 2.45. The van der Waals surface area contributed by atoms with Gasteiger partial charge in [0.25, 0.3) is 0 Å². The first-order valence-electron chi connectivity index (χ1n) is 18.6. The molecule has 1 heterocycles. The number of amides is 2. The second-order valence-electron chi connectivity index (χ2n) is 15.7. The molecule has 0 aromatic heterocycles. The number of carboxylic acid groups (broad SMARTS) is 1. The predicted molar refractivity (Wildman–Crippen MR) is 200 cm³/mol. The number of likely N-dealkylation sites (tertiary alicyclic amines) is 1. The Labute approximate surface area is 311 Å². The summed E-state index contributed by atoms with van der Waals surface area (Å²) in [5.41, 5.74) is -1.56. The van der Waals surface area contributed by atoms with Crippen LogP contribution in [0.1, 0.15) is 92.6 Å². The smallest absolute Gasteiger partial charge is 0.307 e. The van der Waals surface area contributed by atoms with Gasteiger partial charge in [0, 0.05) is 46.6 Å². The highest BCUT2D eigenvalue weighted by Crippen LogP contribution is 2.32. The average Bonchev–Trinajstić information content (AvgIpc) is 3.59. The van der Waals surface area contributed by atoms with E-state index in [9.17, 15) is 34.2 Å². The average molecular weight is 732 g/mol. The molecule has 52 heavy (non-hydrogen) atoms. The van der Waals surface area contributed by atoms with Gasteiger partial charge in [0.1, 0.15) is 5.78 Å². The molecule has 12 heteroatoms. The monoisotopic (exact) mass is 731 g/mol. The number of hydrogen-bond acceptors (Lipinski definition) is 9. The number of aliphatic hydroxyl groups is 1. The maximum absolute atomic E-state index is 14.2. The summed E-state index contributed by atoms with van der Waals surface area (Å²) in [5.74, 6) is -4.79. The third-order valence-corrected chi connectivity index (χ3v) is 11.3. The molecule has 1 fully saturated rings. The van der Waals surface area contributed by atoms with Crippen molar-refractivity contribution in [1.29, 1.82) is 0 Å². The third kappa shape index (κ3) is 11.7. The molecule has 0 saturated carbocycles. The van der Waals surface area contributed by atoms with Crippen LogP contribution >= 0.6 is 0 Å². The number of rotatable bonds is 22. The van der Waals surface area contributed by atoms with Crippen LogP contribution in [0.5, 0.6) is 0 Å². The Morgan fingerprint density at radius 2 is 1.62 bits per heavy atom. The Kier molecular flexibility index (Phi) is 17.1. The summed E-state index contributed by atoms with van der Waals surface area (Å²) in [4.78, 5) is 70.4. The lowest BCUT2D eigenvalue weighted by Crippen LogP contribution is -2.56. The molecule has 294 valence electrons. The standard InChI is InChI=1S/C40H65N3O9/c1-12-25(2)35(42(9)37(47)29(40(6,7)50)23-33(45)39(4,5)41-8)32(51-10)24-34(46)43-20-16-19-30(43)36(52-11)26(3)31(44)22-28(38(48)49)21-27-17-14-13-15-18-27/h13-15,17-18,25-26,28-30,32,35-36,41,50H,12,16,19-24H2,1-11H3,(H,48,49)/t25-,26-,28+,29+,30-,32+,35-,36+/m0/s1. The number of carbonyl (C=O) groups is 5. The summed E-state index contributed by atoms with van der Waals surface area (Å²) < 4.78 is 11.8. The number of carboxylic acids is 1. The number of nitrogens with one attached hydrogen (secondary N) is 1. The van der Waals surface area contributed by atoms with Crippen molar-refractivity contribution in [3.63, 3.8) is 0 Å². The van der Waals surface area contributed by atoms with Crippen LogP contribution in [0.15, 0.2) is 30.3 Å². The summed E-state index contributed by atoms with van der Waals surface area (Å²) >= 11 is 0. The van der Waals surface area contributed by atoms with Gasteiger partial charge >= 0.3 is 5.97 Å². The molecule has 0 spiro atoms. The van der Waals surface area contributed by atoms with Crippen molar-refractivity contribution in [3.05, 3.63) is 35.9 Å². The van der Waals surface area contributed by atoms with Gasteiger partial charge in [-0.2, -0.15) is 0 Å². The molecule has 2 rings (SSSR count). The van der Waals surface area contributed by atoms with Gasteiger partial charge in [-0.05, 0) is 65.5 Å². The Morgan fingerprint density at radius 1 is 1.00 bits per heavy atom. The van der Waals surface area contributed by atoms with E-state index < -0.39 is 65.1 Å². The number of Topliss-reactive ketones (excluding diaryl/α,β-unsaturated/α-hetero) is 2. The Morgan fingerprint density at radius 3 is 2.12 bits per heavy atom. The lowest BCUT2D eigenvalue weighted by atomic mass is 9.80. The van der Waals surface area contributed by atoms with Crippen molar-refractivity contribution in [3.8, 4) is 0 Å². The summed E-state index contributed by atoms with van der Waals surface area (Å²) in [6.07, 6.45) is 0.498. The number of likely N-dealkylation sites (N-methyl/N-ethyl adjacent to an activating group) is 2. The molecular formula is C40H65N3O9. The number of ether oxygens (including phenoxy) is 2. The van der Waals surface area contributed by atoms with Gasteiger partial charge < -0.3 is 34.8 Å². The van der Waals surface area contributed by atoms with Crippen LogP contribution in [0.25, 0.3) is 0 Å². The number of benzene rings is 1. The Balaban J connectivity index is 2.29. The lowest BCUT2D eigenvalue weighted by molar-refractivity contribution is -0.154. The fourth-order valence-electron chi connectivity index (χ4n) is 7.38. The van der Waals surface area contributed by atoms with Crippen LogP contribution in [0.4, 0.5) is 0 Å². The van der Waals surface area contributed by atoms with E-state index >= 15 is 0 Å². The van der Waals surface area contributed by atoms with Crippen LogP contribution in [-0.4, -0.2) is 120 Å². The van der Waals surface area contributed by atoms with Crippen molar-refractivity contribution in [2.45, 2.75) is 129 Å². The van der Waals surface area contributed by atoms with Crippen molar-refractivity contribution >= 4 is 29.4 Å². The first-order valence-corrected chi connectivity index (χ1v) is 18.6. The van der Waals surface area contributed by atoms with Gasteiger partial charge in [-0.1, -0.05) is 57.5 Å². The van der Waals surface area contributed by atoms with Crippen LogP contribution in [-0.2, 0) is 39.9 Å². The minimum atomic E-state index is -1.50. The zero-order valence-corrected chi connectivity index (χ0v) is 33.3. The zero-order chi connectivity index (χ0) is 39.6. The molecule has 2 amide bonds. The Hall–Kier alpha value is -3.19. The summed E-state index contributed by atoms with van der Waals surface area (Å²) in [6, 6.07) is 8.25. The van der Waals surface area contributed by atoms with Crippen molar-refractivity contribution in [2.75, 3.05) is 34.9 Å². The van der Waals surface area contributed by atoms with E-state index in [1.54, 1.807) is 39.8 Å². The topological polar surface area (TPSA) is 163 Å². The minimum absolute atomic E-state index is 0.0462. The van der Waals surface area contributed by atoms with E-state index in [1.807, 2.05) is 44.2 Å². The van der Waals surface area contributed by atoms with Gasteiger partial charge in [-0.25, -0.2) is 0 Å². The molecule has 1 aromatic rings. The molecule has 3 N–H and O–H groups in total. The maximum Gasteiger partial charge on any atom is 0.307 e. The van der Waals surface area contributed by atoms with Crippen molar-refractivity contribution in [1.82, 2.24) is 15.1 Å². The van der Waals surface area contributed by atoms with Gasteiger partial charge in [0.05, 0.1) is 53.7 Å². The predicted octanol–water partition coefficient (Wildman–Crippen LogP) is 4.15. The molecule has 1 aromatic carbocycles. The SMILES string of the molecule is CC[C@H](C)[C@@H]([C@@H](CC(=O)N1CCC[C@H]1[C@H](OC)[C@@H](C)C(=O)C[C@@H](Cc1ccccc1)C(=O)O)OC)N(C)C(=O)[C@@H](CC(=O)C(C)(C)NC)C(C)(C)O. The number of aliphatic carboxylic acids is 1. The van der Waals surface area contributed by atoms with Gasteiger partial charge in [-0.3, -0.25) is 24.0 Å². The quantitative estimate of drug-likeness (QED) is 0.158. The summed E-state index contributed by atoms with van der Waals surface area (Å²) in [6.45, 7) is 12.7. The molecular weight excluding hydrogens is 666 g/mol. The van der Waals surface area contributed by atoms with Gasteiger partial charge in [0.15, 0.2) is 5.78 Å². The van der Waals surface area contributed by atoms with Crippen molar-refractivity contribution < 1.29 is 43.7 Å². The van der Waals surface area contributed by atoms with Crippen LogP contribution < -0.4 is 5.32 Å². The molecule has 0 radical (unpaired) electrons. The van der Waals surface area contributed by atoms with Crippen LogP contribution in [0.2, 0.25) is 0 Å². The molecule has 0 aliphatic carbocycles. The molecule has 1 saturated heterocycles. The van der Waals surface area contributed by atoms with E-state index in [0.29, 0.717) is 25.8 Å². The lowest BCUT2D eigenvalue weighted by Gasteiger charge is -2.42. The van der Waals surface area contributed by atoms with Gasteiger partial charge in [-0.15, -0.1) is 0 Å². The number of hydrogen-bond donors (Lipinski definition) is 3. The van der Waals surface area contributed by atoms with E-state index in [4.69, 9.17) is 9.47 Å². The number of ketones is 2. The maximum atomic E-state index is 14.2. The summed E-state index contributed by atoms with van der Waals surface area (Å²) in [5, 5.41) is 24.0. The number of carbonyl (C=O) groups excluding carboxylic acids is 4. The largest absolute Gasteiger partial charge is 0.481 e. The first-order chi connectivity index (χ1) is 24.2. The minimum Gasteiger partial charge on any atom is -0.481 e. The first kappa shape index (κ1) is 45.0. The second kappa shape index (κ2) is 19.8. The molecule has 1 aliphatic rings. The van der Waals surface area contributed by atoms with Crippen LogP contribution in [0.3, 0.4) is 0 Å². The van der Waals surface area contributed by atoms with E-state index in [-0.39, 0.29) is 49.1 Å². The number of nitrogens with zero attached hydrogens (tertiary/aromatic N) is 2. The highest BCUT2D eigenvalue weighted by atomic mass is 16.5. The van der Waals surface area contributed by atoms with Crippen LogP contribution in [0, 0.1) is 23.7 Å². The van der Waals surface area contributed by atoms with E-state index in [0.717, 1.165) is 5.56 Å². The molecule has 8 atom stereocenters. The van der Waals surface area contributed by atoms with E-state index in [1.165, 1.54) is 33.0 Å². The molecule has 0 unspecified atom stereocenters. The van der Waals surface area contributed by atoms with Gasteiger partial charge in [0.2, 0.25) is 11.8 Å². The summed E-state index contributed by atoms with van der Waals surface area (Å²) in [7, 11) is 6.32.